The van der Waals surface area contributed by atoms with Crippen molar-refractivity contribution in [2.45, 2.75) is 44.7 Å². The van der Waals surface area contributed by atoms with Gasteiger partial charge in [0, 0.05) is 5.54 Å². The van der Waals surface area contributed by atoms with E-state index in [-0.39, 0.29) is 5.75 Å². The van der Waals surface area contributed by atoms with E-state index in [1.165, 1.54) is 18.2 Å². The van der Waals surface area contributed by atoms with Crippen molar-refractivity contribution in [1.29, 1.82) is 0 Å². The van der Waals surface area contributed by atoms with Gasteiger partial charge in [-0.3, -0.25) is 0 Å². The number of hydrogen-bond donors (Lipinski definition) is 1. The Morgan fingerprint density at radius 3 is 2.19 bits per heavy atom. The molecule has 0 heterocycles. The number of aliphatic hydroxyl groups excluding tert-OH is 1. The first kappa shape index (κ1) is 17.8. The van der Waals surface area contributed by atoms with Crippen molar-refractivity contribution < 1.29 is 23.0 Å². The molecule has 0 amide bonds. The van der Waals surface area contributed by atoms with Crippen LogP contribution >= 0.6 is 0 Å². The Labute approximate surface area is 123 Å². The Morgan fingerprint density at radius 1 is 1.19 bits per heavy atom. The van der Waals surface area contributed by atoms with E-state index in [2.05, 4.69) is 4.74 Å². The molecule has 1 rings (SSSR count). The van der Waals surface area contributed by atoms with Crippen molar-refractivity contribution in [3.8, 4) is 5.75 Å². The number of rotatable bonds is 6. The largest absolute Gasteiger partial charge is 0.573 e. The fraction of sp³-hybridized carbons (Fsp3) is 0.600. The Balaban J connectivity index is 3.12. The number of benzene rings is 1. The van der Waals surface area contributed by atoms with Gasteiger partial charge < -0.3 is 14.7 Å². The van der Waals surface area contributed by atoms with Gasteiger partial charge in [0.25, 0.3) is 0 Å². The Kier molecular flexibility index (Phi) is 5.64. The summed E-state index contributed by atoms with van der Waals surface area (Å²) in [7, 11) is 3.71. The second-order valence-corrected chi connectivity index (χ2v) is 5.23. The number of likely N-dealkylation sites (N-methyl/N-ethyl adjacent to an activating group) is 1. The topological polar surface area (TPSA) is 32.7 Å². The summed E-state index contributed by atoms with van der Waals surface area (Å²) in [4.78, 5) is 1.91. The van der Waals surface area contributed by atoms with Crippen LogP contribution in [0.4, 0.5) is 13.2 Å². The molecule has 0 aromatic heterocycles. The normalized spacial score (nSPS) is 14.3. The Bertz CT molecular complexity index is 456. The van der Waals surface area contributed by atoms with Crippen LogP contribution in [-0.4, -0.2) is 36.0 Å². The van der Waals surface area contributed by atoms with E-state index in [0.717, 1.165) is 0 Å². The van der Waals surface area contributed by atoms with E-state index in [0.29, 0.717) is 18.4 Å². The van der Waals surface area contributed by atoms with Gasteiger partial charge >= 0.3 is 6.36 Å². The molecule has 0 bridgehead atoms. The summed E-state index contributed by atoms with van der Waals surface area (Å²) in [6, 6.07) is 5.52. The predicted molar refractivity (Wildman–Crippen MR) is 75.1 cm³/mol. The molecule has 0 aliphatic rings. The summed E-state index contributed by atoms with van der Waals surface area (Å²) >= 11 is 0. The second-order valence-electron chi connectivity index (χ2n) is 5.23. The monoisotopic (exact) mass is 305 g/mol. The molecule has 0 spiro atoms. The lowest BCUT2D eigenvalue weighted by molar-refractivity contribution is -0.274. The molecule has 0 fully saturated rings. The number of ether oxygens (including phenoxy) is 1. The van der Waals surface area contributed by atoms with Gasteiger partial charge in [0.1, 0.15) is 5.75 Å². The van der Waals surface area contributed by atoms with Crippen LogP contribution in [-0.2, 0) is 0 Å². The lowest BCUT2D eigenvalue weighted by Crippen LogP contribution is -2.48. The van der Waals surface area contributed by atoms with Crippen LogP contribution < -0.4 is 4.74 Å². The van der Waals surface area contributed by atoms with E-state index < -0.39 is 18.0 Å². The summed E-state index contributed by atoms with van der Waals surface area (Å²) in [5, 5.41) is 10.6. The van der Waals surface area contributed by atoms with Crippen LogP contribution in [0.15, 0.2) is 24.3 Å². The zero-order valence-electron chi connectivity index (χ0n) is 12.7. The predicted octanol–water partition coefficient (Wildman–Crippen LogP) is 3.74. The minimum Gasteiger partial charge on any atom is -0.406 e. The first-order valence-corrected chi connectivity index (χ1v) is 6.87. The number of alkyl halides is 3. The second kappa shape index (κ2) is 6.66. The molecule has 0 saturated carbocycles. The van der Waals surface area contributed by atoms with Crippen LogP contribution in [0.2, 0.25) is 0 Å². The maximum Gasteiger partial charge on any atom is 0.573 e. The molecular weight excluding hydrogens is 283 g/mol. The van der Waals surface area contributed by atoms with Crippen molar-refractivity contribution in [1.82, 2.24) is 4.90 Å². The quantitative estimate of drug-likeness (QED) is 0.869. The van der Waals surface area contributed by atoms with Crippen molar-refractivity contribution in [3.05, 3.63) is 29.8 Å². The molecule has 21 heavy (non-hydrogen) atoms. The lowest BCUT2D eigenvalue weighted by Gasteiger charge is -2.42. The fourth-order valence-corrected chi connectivity index (χ4v) is 2.71. The average Bonchev–Trinajstić information content (AvgIpc) is 2.38. The molecule has 1 aromatic carbocycles. The standard InChI is InChI=1S/C15H22F3NO2/c1-5-14(6-2,19(3)4)13(20)11-8-7-9-12(10-11)21-15(16,17)18/h7-10,13,20H,5-6H2,1-4H3. The smallest absolute Gasteiger partial charge is 0.406 e. The minimum absolute atomic E-state index is 0.320. The van der Waals surface area contributed by atoms with Crippen LogP contribution in [0.1, 0.15) is 38.4 Å². The number of hydrogen-bond acceptors (Lipinski definition) is 3. The minimum atomic E-state index is -4.74. The van der Waals surface area contributed by atoms with E-state index in [1.807, 2.05) is 32.8 Å². The maximum atomic E-state index is 12.3. The molecule has 0 aliphatic heterocycles. The summed E-state index contributed by atoms with van der Waals surface area (Å²) in [6.45, 7) is 3.89. The van der Waals surface area contributed by atoms with Crippen LogP contribution in [0.25, 0.3) is 0 Å². The average molecular weight is 305 g/mol. The highest BCUT2D eigenvalue weighted by Crippen LogP contribution is 2.37. The summed E-state index contributed by atoms with van der Waals surface area (Å²) < 4.78 is 40.7. The van der Waals surface area contributed by atoms with Gasteiger partial charge in [-0.1, -0.05) is 26.0 Å². The van der Waals surface area contributed by atoms with E-state index in [9.17, 15) is 18.3 Å². The van der Waals surface area contributed by atoms with Gasteiger partial charge in [-0.25, -0.2) is 0 Å². The van der Waals surface area contributed by atoms with E-state index in [4.69, 9.17) is 0 Å². The van der Waals surface area contributed by atoms with Gasteiger partial charge in [-0.2, -0.15) is 0 Å². The summed E-state index contributed by atoms with van der Waals surface area (Å²) in [5.74, 6) is -0.320. The van der Waals surface area contributed by atoms with Crippen molar-refractivity contribution in [3.63, 3.8) is 0 Å². The molecular formula is C15H22F3NO2. The van der Waals surface area contributed by atoms with Crippen molar-refractivity contribution in [2.75, 3.05) is 14.1 Å². The first-order chi connectivity index (χ1) is 9.66. The van der Waals surface area contributed by atoms with E-state index in [1.54, 1.807) is 6.07 Å². The molecule has 120 valence electrons. The van der Waals surface area contributed by atoms with E-state index >= 15 is 0 Å². The Hall–Kier alpha value is -1.27. The van der Waals surface area contributed by atoms with Crippen LogP contribution in [0.5, 0.6) is 5.75 Å². The lowest BCUT2D eigenvalue weighted by atomic mass is 9.81. The fourth-order valence-electron chi connectivity index (χ4n) is 2.71. The molecule has 0 saturated heterocycles. The SMILES string of the molecule is CCC(CC)(C(O)c1cccc(OC(F)(F)F)c1)N(C)C. The van der Waals surface area contributed by atoms with Gasteiger partial charge in [-0.15, -0.1) is 13.2 Å². The molecule has 1 unspecified atom stereocenters. The molecule has 1 aromatic rings. The summed E-state index contributed by atoms with van der Waals surface area (Å²) in [5.41, 5.74) is -0.120. The van der Waals surface area contributed by atoms with Crippen molar-refractivity contribution in [2.24, 2.45) is 0 Å². The third-order valence-electron chi connectivity index (χ3n) is 4.03. The number of aliphatic hydroxyl groups is 1. The zero-order chi connectivity index (χ0) is 16.3. The van der Waals surface area contributed by atoms with Gasteiger partial charge in [-0.05, 0) is 44.6 Å². The zero-order valence-corrected chi connectivity index (χ0v) is 12.7. The highest BCUT2D eigenvalue weighted by molar-refractivity contribution is 5.31. The third-order valence-corrected chi connectivity index (χ3v) is 4.03. The van der Waals surface area contributed by atoms with Gasteiger partial charge in [0.15, 0.2) is 0 Å². The number of nitrogens with zero attached hydrogens (tertiary/aromatic N) is 1. The molecule has 1 N–H and O–H groups in total. The number of halogens is 3. The highest BCUT2D eigenvalue weighted by Gasteiger charge is 2.38. The van der Waals surface area contributed by atoms with Crippen LogP contribution in [0.3, 0.4) is 0 Å². The Morgan fingerprint density at radius 2 is 1.76 bits per heavy atom. The summed E-state index contributed by atoms with van der Waals surface area (Å²) in [6.07, 6.45) is -4.30. The van der Waals surface area contributed by atoms with Crippen molar-refractivity contribution >= 4 is 0 Å². The third kappa shape index (κ3) is 4.11. The molecule has 6 heteroatoms. The molecule has 1 atom stereocenters. The van der Waals surface area contributed by atoms with Gasteiger partial charge in [0.05, 0.1) is 6.10 Å². The van der Waals surface area contributed by atoms with Gasteiger partial charge in [0.2, 0.25) is 0 Å². The highest BCUT2D eigenvalue weighted by atomic mass is 19.4. The molecule has 0 aliphatic carbocycles. The molecule has 3 nitrogen and oxygen atoms in total. The van der Waals surface area contributed by atoms with Crippen LogP contribution in [0, 0.1) is 0 Å². The maximum absolute atomic E-state index is 12.3. The molecule has 0 radical (unpaired) electrons. The first-order valence-electron chi connectivity index (χ1n) is 6.87.